The maximum absolute atomic E-state index is 14.9. The van der Waals surface area contributed by atoms with Gasteiger partial charge < -0.3 is 45.1 Å². The van der Waals surface area contributed by atoms with Crippen molar-refractivity contribution in [2.45, 2.75) is 37.1 Å². The molecular formula is C46H40ClN4O10P. The number of nitrogens with one attached hydrogen (secondary N) is 3. The number of benzene rings is 6. The molecule has 2 amide bonds. The molecule has 8 rings (SSSR count). The van der Waals surface area contributed by atoms with Crippen LogP contribution in [0.3, 0.4) is 0 Å². The number of esters is 1. The molecule has 0 aliphatic carbocycles. The second kappa shape index (κ2) is 17.7. The molecule has 16 heteroatoms. The molecule has 6 aromatic rings. The summed E-state index contributed by atoms with van der Waals surface area (Å²) in [6.07, 6.45) is 0.635. The van der Waals surface area contributed by atoms with Crippen molar-refractivity contribution >= 4 is 49.3 Å². The number of carbonyl (C=O) groups excluding carboxylic acids is 3. The fraction of sp³-hybridized carbons (Fsp3) is 0.130. The Kier molecular flexibility index (Phi) is 12.3. The predicted octanol–water partition coefficient (Wildman–Crippen LogP) is 9.04. The van der Waals surface area contributed by atoms with Crippen LogP contribution in [-0.2, 0) is 24.5 Å². The second-order valence-electron chi connectivity index (χ2n) is 14.4. The minimum absolute atomic E-state index is 0. The third-order valence-corrected chi connectivity index (χ3v) is 12.2. The number of hydrogen-bond acceptors (Lipinski definition) is 11. The molecule has 2 aliphatic heterocycles. The Morgan fingerprint density at radius 1 is 0.726 bits per heavy atom. The van der Waals surface area contributed by atoms with Crippen LogP contribution in [0.2, 0.25) is 0 Å². The molecule has 0 radical (unpaired) electrons. The van der Waals surface area contributed by atoms with E-state index in [-0.39, 0.29) is 77.1 Å². The number of carbonyl (C=O) groups is 3. The Hall–Kier alpha value is -7.28. The normalized spacial score (nSPS) is 13.5. The van der Waals surface area contributed by atoms with E-state index in [2.05, 4.69) is 10.6 Å². The summed E-state index contributed by atoms with van der Waals surface area (Å²) in [6, 6.07) is 37.1. The average Bonchev–Trinajstić information content (AvgIpc) is 3.53. The van der Waals surface area contributed by atoms with E-state index in [1.807, 2.05) is 0 Å². The van der Waals surface area contributed by atoms with E-state index in [1.165, 1.54) is 30.3 Å². The zero-order valence-electron chi connectivity index (χ0n) is 32.8. The van der Waals surface area contributed by atoms with Crippen molar-refractivity contribution in [2.75, 3.05) is 5.32 Å². The largest absolute Gasteiger partial charge is 0.508 e. The number of amides is 2. The summed E-state index contributed by atoms with van der Waals surface area (Å²) < 4.78 is 39.1. The summed E-state index contributed by atoms with van der Waals surface area (Å²) in [7, 11) is -4.28. The van der Waals surface area contributed by atoms with Crippen molar-refractivity contribution in [1.29, 1.82) is 5.41 Å². The zero-order valence-corrected chi connectivity index (χ0v) is 34.5. The number of amidine groups is 1. The fourth-order valence-corrected chi connectivity index (χ4v) is 9.29. The van der Waals surface area contributed by atoms with E-state index in [9.17, 15) is 29.2 Å². The highest BCUT2D eigenvalue weighted by Gasteiger charge is 2.54. The fourth-order valence-electron chi connectivity index (χ4n) is 7.37. The average molecular weight is 875 g/mol. The van der Waals surface area contributed by atoms with Crippen LogP contribution in [-0.4, -0.2) is 33.8 Å². The number of anilines is 1. The zero-order chi connectivity index (χ0) is 42.7. The molecule has 7 N–H and O–H groups in total. The van der Waals surface area contributed by atoms with Crippen molar-refractivity contribution < 1.29 is 47.7 Å². The smallest absolute Gasteiger partial charge is 0.457 e. The molecule has 1 spiro atoms. The van der Waals surface area contributed by atoms with Gasteiger partial charge in [-0.25, -0.2) is 9.36 Å². The molecule has 0 fully saturated rings. The Morgan fingerprint density at radius 3 is 1.81 bits per heavy atom. The molecule has 0 saturated heterocycles. The van der Waals surface area contributed by atoms with Gasteiger partial charge in [-0.1, -0.05) is 66.7 Å². The number of aromatic hydroxyl groups is 2. The summed E-state index contributed by atoms with van der Waals surface area (Å²) in [6.45, 7) is 0. The molecule has 0 aromatic heterocycles. The van der Waals surface area contributed by atoms with Crippen molar-refractivity contribution in [3.05, 3.63) is 173 Å². The molecule has 2 heterocycles. The molecule has 2 aliphatic rings. The Labute approximate surface area is 362 Å². The van der Waals surface area contributed by atoms with Crippen LogP contribution < -0.4 is 30.2 Å². The highest BCUT2D eigenvalue weighted by Crippen LogP contribution is 2.59. The lowest BCUT2D eigenvalue weighted by atomic mass is 9.77. The Bertz CT molecular complexity index is 2620. The van der Waals surface area contributed by atoms with Crippen LogP contribution in [0, 0.1) is 5.41 Å². The number of rotatable bonds is 14. The van der Waals surface area contributed by atoms with Gasteiger partial charge in [0.05, 0.1) is 5.56 Å². The van der Waals surface area contributed by atoms with Crippen LogP contribution in [0.1, 0.15) is 69.6 Å². The van der Waals surface area contributed by atoms with Gasteiger partial charge in [0.1, 0.15) is 40.3 Å². The highest BCUT2D eigenvalue weighted by molar-refractivity contribution is 7.55. The standard InChI is InChI=1S/C46H39N4O10P.ClH/c47-43(48)28-15-17-29(18-16-28)44(61(56,59-33-9-3-1-4-10-33)60-34-11-5-2-6-12-34)50-42(54)14-8-7-13-41(53)49-30-19-22-36-35(25-30)45(55)58-46(36)37-23-20-31(51)26-39(37)57-40-27-32(52)21-24-38(40)46;/h1-6,9-12,15-27,44,51-52H,7-8,13-14H2,(H3,47,48)(H,49,53)(H,50,54);1H. The molecule has 0 bridgehead atoms. The van der Waals surface area contributed by atoms with Gasteiger partial charge in [0.2, 0.25) is 11.8 Å². The number of fused-ring (bicyclic) bond motifs is 6. The SMILES string of the molecule is Cl.N=C(N)c1ccc(C(NC(=O)CCCCC(=O)Nc2ccc3c(c2)C(=O)OC32c3ccc(O)cc3Oc3cc(O)ccc32)P(=O)(Oc2ccccc2)Oc2ccccc2)cc1. The third-order valence-electron chi connectivity index (χ3n) is 10.2. The molecule has 1 unspecified atom stereocenters. The van der Waals surface area contributed by atoms with Gasteiger partial charge in [-0.15, -0.1) is 12.4 Å². The van der Waals surface area contributed by atoms with E-state index < -0.39 is 30.9 Å². The van der Waals surface area contributed by atoms with E-state index in [0.29, 0.717) is 46.3 Å². The predicted molar refractivity (Wildman–Crippen MR) is 232 cm³/mol. The number of unbranched alkanes of at least 4 members (excludes halogenated alkanes) is 1. The van der Waals surface area contributed by atoms with Gasteiger partial charge in [-0.2, -0.15) is 0 Å². The molecule has 6 aromatic carbocycles. The van der Waals surface area contributed by atoms with Crippen LogP contribution >= 0.6 is 20.0 Å². The number of nitrogen functional groups attached to an aromatic ring is 1. The van der Waals surface area contributed by atoms with E-state index in [1.54, 1.807) is 109 Å². The maximum Gasteiger partial charge on any atom is 0.457 e. The first-order valence-corrected chi connectivity index (χ1v) is 20.9. The van der Waals surface area contributed by atoms with Crippen LogP contribution in [0.15, 0.2) is 140 Å². The van der Waals surface area contributed by atoms with Gasteiger partial charge in [0.15, 0.2) is 11.4 Å². The Balaban J connectivity index is 0.00000578. The molecular weight excluding hydrogens is 835 g/mol. The first-order chi connectivity index (χ1) is 29.4. The van der Waals surface area contributed by atoms with Crippen molar-refractivity contribution in [2.24, 2.45) is 5.73 Å². The molecule has 1 atom stereocenters. The molecule has 62 heavy (non-hydrogen) atoms. The minimum atomic E-state index is -4.28. The summed E-state index contributed by atoms with van der Waals surface area (Å²) in [5.74, 6) is -2.01. The van der Waals surface area contributed by atoms with E-state index in [0.717, 1.165) is 0 Å². The summed E-state index contributed by atoms with van der Waals surface area (Å²) in [5, 5.41) is 33.9. The lowest BCUT2D eigenvalue weighted by Crippen LogP contribution is -2.32. The quantitative estimate of drug-likeness (QED) is 0.0199. The molecule has 14 nitrogen and oxygen atoms in total. The number of ether oxygens (including phenoxy) is 2. The molecule has 316 valence electrons. The summed E-state index contributed by atoms with van der Waals surface area (Å²) in [5.41, 5.74) is 7.07. The monoisotopic (exact) mass is 874 g/mol. The van der Waals surface area contributed by atoms with E-state index >= 15 is 0 Å². The number of hydrogen-bond donors (Lipinski definition) is 6. The summed E-state index contributed by atoms with van der Waals surface area (Å²) >= 11 is 0. The van der Waals surface area contributed by atoms with Crippen molar-refractivity contribution in [3.8, 4) is 34.5 Å². The first-order valence-electron chi connectivity index (χ1n) is 19.3. The van der Waals surface area contributed by atoms with Gasteiger partial charge in [-0.3, -0.25) is 15.0 Å². The van der Waals surface area contributed by atoms with Gasteiger partial charge >= 0.3 is 13.6 Å². The lowest BCUT2D eigenvalue weighted by Gasteiger charge is -2.36. The van der Waals surface area contributed by atoms with Crippen molar-refractivity contribution in [1.82, 2.24) is 5.32 Å². The number of halogens is 1. The third kappa shape index (κ3) is 8.65. The highest BCUT2D eigenvalue weighted by atomic mass is 35.5. The minimum Gasteiger partial charge on any atom is -0.508 e. The van der Waals surface area contributed by atoms with Gasteiger partial charge in [0.25, 0.3) is 0 Å². The number of nitrogens with two attached hydrogens (primary N) is 1. The van der Waals surface area contributed by atoms with Crippen LogP contribution in [0.5, 0.6) is 34.5 Å². The van der Waals surface area contributed by atoms with Crippen LogP contribution in [0.4, 0.5) is 5.69 Å². The lowest BCUT2D eigenvalue weighted by molar-refractivity contribution is -0.122. The van der Waals surface area contributed by atoms with Crippen molar-refractivity contribution in [3.63, 3.8) is 0 Å². The maximum atomic E-state index is 14.9. The molecule has 0 saturated carbocycles. The van der Waals surface area contributed by atoms with E-state index in [4.69, 9.17) is 29.7 Å². The second-order valence-corrected chi connectivity index (χ2v) is 16.4. The van der Waals surface area contributed by atoms with Gasteiger partial charge in [0, 0.05) is 52.9 Å². The Morgan fingerprint density at radius 2 is 1.26 bits per heavy atom. The van der Waals surface area contributed by atoms with Crippen LogP contribution in [0.25, 0.3) is 0 Å². The number of phenols is 2. The first kappa shape index (κ1) is 42.8. The topological polar surface area (TPSA) is 220 Å². The summed E-state index contributed by atoms with van der Waals surface area (Å²) in [4.78, 5) is 40.2. The number of phenolic OH excluding ortho intramolecular Hbond substituents is 2. The number of para-hydroxylation sites is 2. The van der Waals surface area contributed by atoms with Gasteiger partial charge in [-0.05, 0) is 79.1 Å².